The van der Waals surface area contributed by atoms with Gasteiger partial charge in [-0.2, -0.15) is 0 Å². The molecule has 0 unspecified atom stereocenters. The molecule has 22 heavy (non-hydrogen) atoms. The van der Waals surface area contributed by atoms with E-state index in [1.165, 1.54) is 12.1 Å². The van der Waals surface area contributed by atoms with Crippen LogP contribution < -0.4 is 0 Å². The zero-order chi connectivity index (χ0) is 15.7. The molecular formula is C16H10ClF2NO2. The fraction of sp³-hybridized carbons (Fsp3) is 0.0625. The predicted octanol–water partition coefficient (Wildman–Crippen LogP) is 4.43. The molecule has 0 spiro atoms. The molecule has 0 fully saturated rings. The van der Waals surface area contributed by atoms with Crippen molar-refractivity contribution in [2.45, 2.75) is 6.61 Å². The summed E-state index contributed by atoms with van der Waals surface area (Å²) in [6, 6.07) is 10.5. The lowest BCUT2D eigenvalue weighted by Crippen LogP contribution is -1.93. The van der Waals surface area contributed by atoms with E-state index in [9.17, 15) is 13.9 Å². The third-order valence-electron chi connectivity index (χ3n) is 3.24. The molecule has 0 amide bonds. The predicted molar refractivity (Wildman–Crippen MR) is 78.2 cm³/mol. The van der Waals surface area contributed by atoms with Crippen molar-refractivity contribution in [3.8, 4) is 22.6 Å². The monoisotopic (exact) mass is 321 g/mol. The van der Waals surface area contributed by atoms with Crippen LogP contribution in [0.5, 0.6) is 0 Å². The smallest absolute Gasteiger partial charge is 0.176 e. The molecule has 0 saturated heterocycles. The SMILES string of the molecule is OCc1c(-c2cccc(Cl)c2)noc1-c1cccc(F)c1F. The third-order valence-corrected chi connectivity index (χ3v) is 3.48. The van der Waals surface area contributed by atoms with Gasteiger partial charge in [0, 0.05) is 10.6 Å². The quantitative estimate of drug-likeness (QED) is 0.776. The maximum Gasteiger partial charge on any atom is 0.176 e. The number of aliphatic hydroxyl groups is 1. The van der Waals surface area contributed by atoms with E-state index in [-0.39, 0.29) is 16.9 Å². The van der Waals surface area contributed by atoms with Gasteiger partial charge in [0.25, 0.3) is 0 Å². The highest BCUT2D eigenvalue weighted by Gasteiger charge is 2.22. The van der Waals surface area contributed by atoms with Crippen LogP contribution in [0.3, 0.4) is 0 Å². The summed E-state index contributed by atoms with van der Waals surface area (Å²) in [4.78, 5) is 0. The normalized spacial score (nSPS) is 10.9. The lowest BCUT2D eigenvalue weighted by Gasteiger charge is -2.03. The van der Waals surface area contributed by atoms with E-state index in [1.807, 2.05) is 0 Å². The van der Waals surface area contributed by atoms with Gasteiger partial charge in [0.05, 0.1) is 17.7 Å². The molecule has 0 radical (unpaired) electrons. The van der Waals surface area contributed by atoms with Crippen LogP contribution in [-0.2, 0) is 6.61 Å². The first-order chi connectivity index (χ1) is 10.6. The second-order valence-electron chi connectivity index (χ2n) is 4.61. The van der Waals surface area contributed by atoms with E-state index in [4.69, 9.17) is 16.1 Å². The average Bonchev–Trinajstić information content (AvgIpc) is 2.93. The molecule has 0 aliphatic carbocycles. The van der Waals surface area contributed by atoms with Crippen molar-refractivity contribution in [1.29, 1.82) is 0 Å². The molecule has 1 heterocycles. The van der Waals surface area contributed by atoms with E-state index in [1.54, 1.807) is 24.3 Å². The van der Waals surface area contributed by atoms with Crippen LogP contribution in [0.1, 0.15) is 5.56 Å². The lowest BCUT2D eigenvalue weighted by molar-refractivity contribution is 0.281. The van der Waals surface area contributed by atoms with Crippen molar-refractivity contribution >= 4 is 11.6 Å². The summed E-state index contributed by atoms with van der Waals surface area (Å²) in [6.45, 7) is -0.434. The zero-order valence-corrected chi connectivity index (χ0v) is 11.9. The summed E-state index contributed by atoms with van der Waals surface area (Å²) in [5.74, 6) is -2.05. The Morgan fingerprint density at radius 1 is 1.14 bits per heavy atom. The maximum atomic E-state index is 13.9. The Kier molecular flexibility index (Phi) is 3.92. The third kappa shape index (κ3) is 2.49. The zero-order valence-electron chi connectivity index (χ0n) is 11.2. The van der Waals surface area contributed by atoms with E-state index in [0.717, 1.165) is 6.07 Å². The number of halogens is 3. The van der Waals surface area contributed by atoms with Gasteiger partial charge in [-0.3, -0.25) is 0 Å². The van der Waals surface area contributed by atoms with Crippen LogP contribution in [0.4, 0.5) is 8.78 Å². The van der Waals surface area contributed by atoms with E-state index in [2.05, 4.69) is 5.16 Å². The fourth-order valence-electron chi connectivity index (χ4n) is 2.21. The van der Waals surface area contributed by atoms with Gasteiger partial charge in [-0.05, 0) is 24.3 Å². The second kappa shape index (κ2) is 5.87. The van der Waals surface area contributed by atoms with Crippen molar-refractivity contribution in [1.82, 2.24) is 5.16 Å². The van der Waals surface area contributed by atoms with E-state index in [0.29, 0.717) is 16.3 Å². The van der Waals surface area contributed by atoms with Gasteiger partial charge in [0.15, 0.2) is 17.4 Å². The number of aliphatic hydroxyl groups excluding tert-OH is 1. The second-order valence-corrected chi connectivity index (χ2v) is 5.05. The van der Waals surface area contributed by atoms with Gasteiger partial charge < -0.3 is 9.63 Å². The summed E-state index contributed by atoms with van der Waals surface area (Å²) >= 11 is 5.93. The minimum Gasteiger partial charge on any atom is -0.391 e. The molecule has 2 aromatic carbocycles. The van der Waals surface area contributed by atoms with Crippen molar-refractivity contribution in [3.05, 3.63) is 64.7 Å². The first-order valence-electron chi connectivity index (χ1n) is 6.41. The Balaban J connectivity index is 2.18. The van der Waals surface area contributed by atoms with Crippen molar-refractivity contribution in [2.24, 2.45) is 0 Å². The highest BCUT2D eigenvalue weighted by Crippen LogP contribution is 2.34. The highest BCUT2D eigenvalue weighted by molar-refractivity contribution is 6.30. The molecular weight excluding hydrogens is 312 g/mol. The number of hydrogen-bond donors (Lipinski definition) is 1. The first kappa shape index (κ1) is 14.7. The van der Waals surface area contributed by atoms with Crippen LogP contribution in [0.15, 0.2) is 47.0 Å². The van der Waals surface area contributed by atoms with Crippen LogP contribution in [0.2, 0.25) is 5.02 Å². The Morgan fingerprint density at radius 3 is 2.64 bits per heavy atom. The number of rotatable bonds is 3. The summed E-state index contributed by atoms with van der Waals surface area (Å²) < 4.78 is 32.4. The summed E-state index contributed by atoms with van der Waals surface area (Å²) in [5, 5.41) is 13.9. The number of benzene rings is 2. The number of nitrogens with zero attached hydrogens (tertiary/aromatic N) is 1. The molecule has 0 aliphatic heterocycles. The summed E-state index contributed by atoms with van der Waals surface area (Å²) in [6.07, 6.45) is 0. The van der Waals surface area contributed by atoms with E-state index < -0.39 is 18.2 Å². The summed E-state index contributed by atoms with van der Waals surface area (Å²) in [7, 11) is 0. The number of hydrogen-bond acceptors (Lipinski definition) is 3. The van der Waals surface area contributed by atoms with Gasteiger partial charge in [-0.15, -0.1) is 0 Å². The Bertz CT molecular complexity index is 833. The Morgan fingerprint density at radius 2 is 1.91 bits per heavy atom. The van der Waals surface area contributed by atoms with Crippen molar-refractivity contribution in [3.63, 3.8) is 0 Å². The first-order valence-corrected chi connectivity index (χ1v) is 6.79. The molecule has 0 bridgehead atoms. The van der Waals surface area contributed by atoms with Gasteiger partial charge in [0.1, 0.15) is 5.69 Å². The lowest BCUT2D eigenvalue weighted by atomic mass is 10.0. The largest absolute Gasteiger partial charge is 0.391 e. The van der Waals surface area contributed by atoms with Crippen LogP contribution >= 0.6 is 11.6 Å². The molecule has 0 saturated carbocycles. The molecule has 0 atom stereocenters. The van der Waals surface area contributed by atoms with Crippen LogP contribution in [-0.4, -0.2) is 10.3 Å². The molecule has 6 heteroatoms. The standard InChI is InChI=1S/C16H10ClF2NO2/c17-10-4-1-3-9(7-10)15-12(8-21)16(22-20-15)11-5-2-6-13(18)14(11)19/h1-7,21H,8H2. The van der Waals surface area contributed by atoms with E-state index >= 15 is 0 Å². The molecule has 1 N–H and O–H groups in total. The highest BCUT2D eigenvalue weighted by atomic mass is 35.5. The van der Waals surface area contributed by atoms with Crippen LogP contribution in [0, 0.1) is 11.6 Å². The number of aromatic nitrogens is 1. The van der Waals surface area contributed by atoms with Crippen molar-refractivity contribution < 1.29 is 18.4 Å². The Labute approximate surface area is 129 Å². The molecule has 3 nitrogen and oxygen atoms in total. The fourth-order valence-corrected chi connectivity index (χ4v) is 2.40. The molecule has 112 valence electrons. The van der Waals surface area contributed by atoms with Gasteiger partial charge in [-0.25, -0.2) is 8.78 Å². The van der Waals surface area contributed by atoms with Gasteiger partial charge >= 0.3 is 0 Å². The topological polar surface area (TPSA) is 46.3 Å². The van der Waals surface area contributed by atoms with Gasteiger partial charge in [0.2, 0.25) is 0 Å². The molecule has 3 rings (SSSR count). The van der Waals surface area contributed by atoms with Crippen LogP contribution in [0.25, 0.3) is 22.6 Å². The minimum atomic E-state index is -1.05. The maximum absolute atomic E-state index is 13.9. The molecule has 3 aromatic rings. The van der Waals surface area contributed by atoms with Crippen molar-refractivity contribution in [2.75, 3.05) is 0 Å². The van der Waals surface area contributed by atoms with Gasteiger partial charge in [-0.1, -0.05) is 35.0 Å². The molecule has 0 aliphatic rings. The Hall–Kier alpha value is -2.24. The molecule has 1 aromatic heterocycles. The minimum absolute atomic E-state index is 0.00512. The average molecular weight is 322 g/mol. The summed E-state index contributed by atoms with van der Waals surface area (Å²) in [5.41, 5.74) is 1.13.